The van der Waals surface area contributed by atoms with E-state index in [9.17, 15) is 25.2 Å². The smallest absolute Gasteiger partial charge is 0.211 e. The highest BCUT2D eigenvalue weighted by molar-refractivity contribution is 6.05. The highest BCUT2D eigenvalue weighted by Gasteiger charge is 2.89. The van der Waals surface area contributed by atoms with E-state index < -0.39 is 70.2 Å². The molecule has 7 heteroatoms. The van der Waals surface area contributed by atoms with Crippen LogP contribution in [0.3, 0.4) is 0 Å². The molecule has 0 aromatic carbocycles. The zero-order valence-electron chi connectivity index (χ0n) is 18.7. The van der Waals surface area contributed by atoms with Crippen molar-refractivity contribution in [2.24, 2.45) is 34.0 Å². The van der Waals surface area contributed by atoms with Gasteiger partial charge in [-0.25, -0.2) is 0 Å². The molecule has 6 rings (SSSR count). The first-order valence-electron chi connectivity index (χ1n) is 11.8. The Bertz CT molecular complexity index is 810. The summed E-state index contributed by atoms with van der Waals surface area (Å²) >= 11 is 0. The quantitative estimate of drug-likeness (QED) is 0.390. The molecule has 6 aliphatic rings. The molecule has 174 valence electrons. The molecule has 4 aliphatic carbocycles. The minimum atomic E-state index is -2.30. The molecule has 0 amide bonds. The first kappa shape index (κ1) is 22.0. The van der Waals surface area contributed by atoms with Gasteiger partial charge in [-0.3, -0.25) is 4.79 Å². The average molecular weight is 437 g/mol. The number of ether oxygens (including phenoxy) is 2. The number of hydrogen-bond donors (Lipinski definition) is 4. The van der Waals surface area contributed by atoms with Gasteiger partial charge in [0.15, 0.2) is 12.1 Å². The predicted octanol–water partition coefficient (Wildman–Crippen LogP) is 1.52. The molecular weight excluding hydrogens is 400 g/mol. The molecule has 4 saturated carbocycles. The molecule has 0 aromatic heterocycles. The van der Waals surface area contributed by atoms with E-state index >= 15 is 0 Å². The highest BCUT2D eigenvalue weighted by Crippen LogP contribution is 2.78. The number of ketones is 1. The molecular formula is C24H36O7. The van der Waals surface area contributed by atoms with Gasteiger partial charge in [-0.2, -0.15) is 0 Å². The van der Waals surface area contributed by atoms with E-state index in [0.717, 1.165) is 12.8 Å². The molecule has 2 spiro atoms. The minimum absolute atomic E-state index is 0.285. The third-order valence-corrected chi connectivity index (χ3v) is 9.67. The Hall–Kier alpha value is -0.830. The maximum absolute atomic E-state index is 13.7. The van der Waals surface area contributed by atoms with Gasteiger partial charge in [-0.15, -0.1) is 0 Å². The summed E-state index contributed by atoms with van der Waals surface area (Å²) in [5.74, 6) is -4.33. The van der Waals surface area contributed by atoms with Gasteiger partial charge in [-0.05, 0) is 49.0 Å². The van der Waals surface area contributed by atoms with Crippen LogP contribution < -0.4 is 0 Å². The summed E-state index contributed by atoms with van der Waals surface area (Å²) in [6.45, 7) is 10.4. The van der Waals surface area contributed by atoms with Crippen molar-refractivity contribution >= 4 is 5.78 Å². The van der Waals surface area contributed by atoms with Crippen molar-refractivity contribution in [3.8, 4) is 0 Å². The van der Waals surface area contributed by atoms with Gasteiger partial charge >= 0.3 is 0 Å². The molecule has 2 aliphatic heterocycles. The number of fused-ring (bicyclic) bond motifs is 2. The van der Waals surface area contributed by atoms with Crippen molar-refractivity contribution in [1.82, 2.24) is 0 Å². The normalized spacial score (nSPS) is 54.6. The van der Waals surface area contributed by atoms with Crippen molar-refractivity contribution in [1.29, 1.82) is 0 Å². The number of rotatable bonds is 4. The van der Waals surface area contributed by atoms with Crippen LogP contribution in [0.2, 0.25) is 0 Å². The maximum atomic E-state index is 13.7. The predicted molar refractivity (Wildman–Crippen MR) is 110 cm³/mol. The zero-order valence-corrected chi connectivity index (χ0v) is 18.7. The lowest BCUT2D eigenvalue weighted by Gasteiger charge is -2.76. The maximum Gasteiger partial charge on any atom is 0.211 e. The lowest BCUT2D eigenvalue weighted by molar-refractivity contribution is -0.511. The molecule has 4 bridgehead atoms. The Morgan fingerprint density at radius 1 is 1.16 bits per heavy atom. The van der Waals surface area contributed by atoms with E-state index in [-0.39, 0.29) is 5.57 Å². The second kappa shape index (κ2) is 6.61. The van der Waals surface area contributed by atoms with Crippen molar-refractivity contribution < 1.29 is 34.7 Å². The Morgan fingerprint density at radius 2 is 1.87 bits per heavy atom. The van der Waals surface area contributed by atoms with Crippen LogP contribution in [0.15, 0.2) is 12.2 Å². The summed E-state index contributed by atoms with van der Waals surface area (Å²) in [5, 5.41) is 46.6. The van der Waals surface area contributed by atoms with Crippen LogP contribution in [0.5, 0.6) is 0 Å². The number of aliphatic hydroxyl groups excluding tert-OH is 3. The molecule has 6 fully saturated rings. The summed E-state index contributed by atoms with van der Waals surface area (Å²) in [4.78, 5) is 13.7. The Kier molecular flexibility index (Phi) is 4.69. The molecule has 0 aromatic rings. The fourth-order valence-electron chi connectivity index (χ4n) is 8.45. The average Bonchev–Trinajstić information content (AvgIpc) is 2.82. The third kappa shape index (κ3) is 2.19. The number of Topliss-reactive ketones (excluding diaryl/α,β-unsaturated/α-hetero) is 1. The molecule has 0 radical (unpaired) electrons. The number of unbranched alkanes of at least 4 members (excludes halogenated alkanes) is 1. The van der Waals surface area contributed by atoms with Crippen LogP contribution in [0, 0.1) is 34.0 Å². The van der Waals surface area contributed by atoms with Crippen LogP contribution in [0.4, 0.5) is 0 Å². The Labute approximate surface area is 183 Å². The first-order valence-corrected chi connectivity index (χ1v) is 11.8. The van der Waals surface area contributed by atoms with E-state index in [1.165, 1.54) is 0 Å². The van der Waals surface area contributed by atoms with Crippen molar-refractivity contribution in [2.45, 2.75) is 89.7 Å². The van der Waals surface area contributed by atoms with Gasteiger partial charge in [0.1, 0.15) is 11.5 Å². The third-order valence-electron chi connectivity index (χ3n) is 9.67. The van der Waals surface area contributed by atoms with Gasteiger partial charge in [0, 0.05) is 18.4 Å². The lowest BCUT2D eigenvalue weighted by Crippen LogP contribution is -2.88. The van der Waals surface area contributed by atoms with E-state index in [1.807, 2.05) is 20.8 Å². The lowest BCUT2D eigenvalue weighted by atomic mass is 9.35. The van der Waals surface area contributed by atoms with E-state index in [2.05, 4.69) is 6.58 Å². The number of carbonyl (C=O) groups is 1. The molecule has 7 nitrogen and oxygen atoms in total. The monoisotopic (exact) mass is 436 g/mol. The van der Waals surface area contributed by atoms with Crippen LogP contribution >= 0.6 is 0 Å². The van der Waals surface area contributed by atoms with Crippen molar-refractivity contribution in [3.05, 3.63) is 12.2 Å². The van der Waals surface area contributed by atoms with Crippen molar-refractivity contribution in [2.75, 3.05) is 6.61 Å². The van der Waals surface area contributed by atoms with Crippen LogP contribution in [0.1, 0.15) is 59.3 Å². The summed E-state index contributed by atoms with van der Waals surface area (Å²) < 4.78 is 12.3. The van der Waals surface area contributed by atoms with Gasteiger partial charge in [0.05, 0.1) is 17.6 Å². The van der Waals surface area contributed by atoms with Gasteiger partial charge < -0.3 is 29.9 Å². The van der Waals surface area contributed by atoms with Crippen molar-refractivity contribution in [3.63, 3.8) is 0 Å². The number of carbonyl (C=O) groups excluding carboxylic acids is 1. The van der Waals surface area contributed by atoms with E-state index in [4.69, 9.17) is 9.47 Å². The van der Waals surface area contributed by atoms with Crippen LogP contribution in [0.25, 0.3) is 0 Å². The van der Waals surface area contributed by atoms with Gasteiger partial charge in [-0.1, -0.05) is 33.8 Å². The molecule has 4 N–H and O–H groups in total. The SMILES string of the molecule is C=C1C(=O)[C@]23[C@H](O)[C@H]1CC[C@H]2[C@@]12[C@H](OCCCC)O[C@@]3(O)[C@@H](O)[C@@H]1C(C)(C)CC[C@@H]2O. The summed E-state index contributed by atoms with van der Waals surface area (Å²) in [6, 6.07) is 0. The summed E-state index contributed by atoms with van der Waals surface area (Å²) in [7, 11) is 0. The van der Waals surface area contributed by atoms with Crippen LogP contribution in [-0.2, 0) is 14.3 Å². The van der Waals surface area contributed by atoms with E-state index in [0.29, 0.717) is 32.3 Å². The topological polar surface area (TPSA) is 116 Å². The van der Waals surface area contributed by atoms with Gasteiger partial charge in [0.2, 0.25) is 5.79 Å². The molecule has 2 saturated heterocycles. The summed E-state index contributed by atoms with van der Waals surface area (Å²) in [6.07, 6.45) is -0.575. The number of hydrogen-bond acceptors (Lipinski definition) is 7. The molecule has 0 unspecified atom stereocenters. The minimum Gasteiger partial charge on any atom is -0.392 e. The van der Waals surface area contributed by atoms with Gasteiger partial charge in [0.25, 0.3) is 0 Å². The van der Waals surface area contributed by atoms with Crippen LogP contribution in [-0.4, -0.2) is 63.2 Å². The summed E-state index contributed by atoms with van der Waals surface area (Å²) in [5.41, 5.74) is -2.98. The first-order chi connectivity index (χ1) is 14.5. The van der Waals surface area contributed by atoms with E-state index in [1.54, 1.807) is 0 Å². The fraction of sp³-hybridized carbons (Fsp3) is 0.875. The number of aliphatic hydroxyl groups is 4. The second-order valence-corrected chi connectivity index (χ2v) is 11.2. The Balaban J connectivity index is 1.76. The standard InChI is InChI=1S/C24H36O7/c1-5-6-11-30-20-22-14-8-7-13-12(2)17(26)23(14,18(13)27)24(29,31-20)19(28)16(22)21(3,4)10-9-15(22)25/h13-16,18-20,25,27-29H,2,5-11H2,1,3-4H3/t13-,14-,15-,16+,18+,19-,20+,22-,23-,24-/m0/s1. The molecule has 2 heterocycles. The zero-order chi connectivity index (χ0) is 22.6. The molecule has 10 atom stereocenters. The largest absolute Gasteiger partial charge is 0.392 e. The fourth-order valence-corrected chi connectivity index (χ4v) is 8.45. The molecule has 31 heavy (non-hydrogen) atoms. The highest BCUT2D eigenvalue weighted by atomic mass is 16.8. The second-order valence-electron chi connectivity index (χ2n) is 11.2. The Morgan fingerprint density at radius 3 is 2.55 bits per heavy atom.